The topological polar surface area (TPSA) is 87.3 Å². The number of amides is 3. The molecule has 0 heterocycles. The van der Waals surface area contributed by atoms with E-state index in [9.17, 15) is 14.4 Å². The van der Waals surface area contributed by atoms with Gasteiger partial charge in [-0.05, 0) is 103 Å². The van der Waals surface area contributed by atoms with Gasteiger partial charge in [-0.1, -0.05) is 83.9 Å². The molecule has 3 N–H and O–H groups in total. The highest BCUT2D eigenvalue weighted by molar-refractivity contribution is 8.00. The highest BCUT2D eigenvalue weighted by Gasteiger charge is 2.23. The maximum Gasteiger partial charge on any atom is 0.272 e. The SMILES string of the molecule is Cc1ccc(NC(=O)C(Sc2ccc(NC(=O)/C(=C/c3ccc(Cl)cc3Cl)NC(=O)c3ccccc3)cc2)c2ccccc2)cc1C. The molecule has 1 atom stereocenters. The van der Waals surface area contributed by atoms with Gasteiger partial charge in [0, 0.05) is 31.9 Å². The molecule has 0 aliphatic rings. The molecule has 5 aromatic carbocycles. The molecule has 0 aliphatic heterocycles. The average molecular weight is 681 g/mol. The Hall–Kier alpha value is -4.82. The van der Waals surface area contributed by atoms with Crippen LogP contribution < -0.4 is 16.0 Å². The zero-order valence-corrected chi connectivity index (χ0v) is 27.9. The normalized spacial score (nSPS) is 11.8. The van der Waals surface area contributed by atoms with Crippen molar-refractivity contribution in [2.45, 2.75) is 24.0 Å². The first-order valence-electron chi connectivity index (χ1n) is 14.7. The van der Waals surface area contributed by atoms with Crippen LogP contribution >= 0.6 is 35.0 Å². The van der Waals surface area contributed by atoms with Gasteiger partial charge in [-0.15, -0.1) is 11.8 Å². The Balaban J connectivity index is 1.34. The Kier molecular flexibility index (Phi) is 11.2. The second kappa shape index (κ2) is 15.6. The van der Waals surface area contributed by atoms with E-state index in [1.54, 1.807) is 60.7 Å². The molecule has 236 valence electrons. The van der Waals surface area contributed by atoms with Crippen LogP contribution in [0.25, 0.3) is 6.08 Å². The van der Waals surface area contributed by atoms with Crippen molar-refractivity contribution in [1.29, 1.82) is 0 Å². The van der Waals surface area contributed by atoms with Crippen LogP contribution in [0.2, 0.25) is 10.0 Å². The summed E-state index contributed by atoms with van der Waals surface area (Å²) in [5.41, 5.74) is 5.24. The molecular weight excluding hydrogens is 649 g/mol. The van der Waals surface area contributed by atoms with Crippen LogP contribution in [0.3, 0.4) is 0 Å². The van der Waals surface area contributed by atoms with Gasteiger partial charge in [-0.25, -0.2) is 0 Å². The Morgan fingerprint density at radius 1 is 0.702 bits per heavy atom. The fraction of sp³-hybridized carbons (Fsp3) is 0.0789. The van der Waals surface area contributed by atoms with Crippen LogP contribution in [0.4, 0.5) is 11.4 Å². The van der Waals surface area contributed by atoms with Gasteiger partial charge in [0.05, 0.1) is 0 Å². The standard InChI is InChI=1S/C38H31Cl2N3O3S/c1-24-13-16-31(21-25(24)2)42-38(46)35(26-9-5-3-6-10-26)47-32-19-17-30(18-20-32)41-37(45)34(22-28-14-15-29(39)23-33(28)40)43-36(44)27-11-7-4-8-12-27/h3-23,35H,1-2H3,(H,41,45)(H,42,46)(H,43,44)/b34-22-. The first-order chi connectivity index (χ1) is 22.7. The zero-order valence-electron chi connectivity index (χ0n) is 25.6. The van der Waals surface area contributed by atoms with Crippen molar-refractivity contribution < 1.29 is 14.4 Å². The van der Waals surface area contributed by atoms with E-state index in [1.165, 1.54) is 17.8 Å². The molecular formula is C38H31Cl2N3O3S. The largest absolute Gasteiger partial charge is 0.325 e. The quantitative estimate of drug-likeness (QED) is 0.101. The Bertz CT molecular complexity index is 1930. The minimum atomic E-state index is -0.546. The number of carbonyl (C=O) groups is 3. The third-order valence-corrected chi connectivity index (χ3v) is 9.10. The van der Waals surface area contributed by atoms with Crippen molar-refractivity contribution in [1.82, 2.24) is 5.32 Å². The predicted molar refractivity (Wildman–Crippen MR) is 193 cm³/mol. The van der Waals surface area contributed by atoms with E-state index in [1.807, 2.05) is 74.5 Å². The average Bonchev–Trinajstić information content (AvgIpc) is 3.07. The number of rotatable bonds is 10. The van der Waals surface area contributed by atoms with Crippen molar-refractivity contribution in [2.75, 3.05) is 10.6 Å². The number of hydrogen-bond donors (Lipinski definition) is 3. The van der Waals surface area contributed by atoms with Gasteiger partial charge in [0.25, 0.3) is 11.8 Å². The fourth-order valence-electron chi connectivity index (χ4n) is 4.60. The zero-order chi connectivity index (χ0) is 33.3. The molecule has 3 amide bonds. The number of anilines is 2. The van der Waals surface area contributed by atoms with Gasteiger partial charge in [-0.3, -0.25) is 14.4 Å². The van der Waals surface area contributed by atoms with Crippen LogP contribution in [0.5, 0.6) is 0 Å². The van der Waals surface area contributed by atoms with Crippen LogP contribution in [-0.4, -0.2) is 17.7 Å². The van der Waals surface area contributed by atoms with Crippen LogP contribution in [0.15, 0.2) is 132 Å². The molecule has 5 aromatic rings. The van der Waals surface area contributed by atoms with Gasteiger partial charge >= 0.3 is 0 Å². The number of halogens is 2. The van der Waals surface area contributed by atoms with Crippen molar-refractivity contribution in [3.8, 4) is 0 Å². The van der Waals surface area contributed by atoms with E-state index >= 15 is 0 Å². The molecule has 0 saturated heterocycles. The maximum absolute atomic E-state index is 13.5. The molecule has 0 aliphatic carbocycles. The second-order valence-electron chi connectivity index (χ2n) is 10.7. The van der Waals surface area contributed by atoms with E-state index in [0.717, 1.165) is 27.3 Å². The monoisotopic (exact) mass is 679 g/mol. The third-order valence-electron chi connectivity index (χ3n) is 7.27. The highest BCUT2D eigenvalue weighted by atomic mass is 35.5. The molecule has 5 rings (SSSR count). The van der Waals surface area contributed by atoms with E-state index in [0.29, 0.717) is 26.9 Å². The lowest BCUT2D eigenvalue weighted by Gasteiger charge is -2.18. The lowest BCUT2D eigenvalue weighted by Crippen LogP contribution is -2.30. The summed E-state index contributed by atoms with van der Waals surface area (Å²) in [5.74, 6) is -1.14. The highest BCUT2D eigenvalue weighted by Crippen LogP contribution is 2.37. The smallest absolute Gasteiger partial charge is 0.272 e. The molecule has 9 heteroatoms. The van der Waals surface area contributed by atoms with Crippen LogP contribution in [0.1, 0.15) is 37.9 Å². The molecule has 0 fully saturated rings. The summed E-state index contributed by atoms with van der Waals surface area (Å²) in [4.78, 5) is 40.8. The van der Waals surface area contributed by atoms with Gasteiger partial charge < -0.3 is 16.0 Å². The fourth-order valence-corrected chi connectivity index (χ4v) is 6.08. The lowest BCUT2D eigenvalue weighted by molar-refractivity contribution is -0.116. The van der Waals surface area contributed by atoms with Crippen molar-refractivity contribution in [3.63, 3.8) is 0 Å². The molecule has 47 heavy (non-hydrogen) atoms. The summed E-state index contributed by atoms with van der Waals surface area (Å²) in [6.45, 7) is 4.04. The van der Waals surface area contributed by atoms with Crippen molar-refractivity contribution in [3.05, 3.63) is 165 Å². The number of benzene rings is 5. The van der Waals surface area contributed by atoms with E-state index in [2.05, 4.69) is 16.0 Å². The third kappa shape index (κ3) is 9.14. The van der Waals surface area contributed by atoms with E-state index in [-0.39, 0.29) is 11.6 Å². The number of nitrogens with one attached hydrogen (secondary N) is 3. The van der Waals surface area contributed by atoms with Crippen molar-refractivity contribution >= 4 is 70.1 Å². The molecule has 0 radical (unpaired) electrons. The Morgan fingerprint density at radius 3 is 2.02 bits per heavy atom. The van der Waals surface area contributed by atoms with E-state index < -0.39 is 17.1 Å². The predicted octanol–water partition coefficient (Wildman–Crippen LogP) is 9.49. The van der Waals surface area contributed by atoms with E-state index in [4.69, 9.17) is 23.2 Å². The molecule has 1 unspecified atom stereocenters. The number of thioether (sulfide) groups is 1. The van der Waals surface area contributed by atoms with Gasteiger partial charge in [0.2, 0.25) is 5.91 Å². The number of hydrogen-bond acceptors (Lipinski definition) is 4. The summed E-state index contributed by atoms with van der Waals surface area (Å²) in [6, 6.07) is 36.0. The summed E-state index contributed by atoms with van der Waals surface area (Å²) >= 11 is 13.8. The van der Waals surface area contributed by atoms with Gasteiger partial charge in [0.1, 0.15) is 10.9 Å². The van der Waals surface area contributed by atoms with Gasteiger partial charge in [-0.2, -0.15) is 0 Å². The molecule has 0 saturated carbocycles. The molecule has 6 nitrogen and oxygen atoms in total. The Labute approximate surface area is 288 Å². The number of carbonyl (C=O) groups excluding carboxylic acids is 3. The Morgan fingerprint density at radius 2 is 1.36 bits per heavy atom. The van der Waals surface area contributed by atoms with Crippen molar-refractivity contribution in [2.24, 2.45) is 0 Å². The first kappa shape index (κ1) is 33.5. The minimum absolute atomic E-state index is 0.00585. The maximum atomic E-state index is 13.5. The summed E-state index contributed by atoms with van der Waals surface area (Å²) in [6.07, 6.45) is 1.50. The summed E-state index contributed by atoms with van der Waals surface area (Å²) in [5, 5.41) is 8.86. The summed E-state index contributed by atoms with van der Waals surface area (Å²) < 4.78 is 0. The first-order valence-corrected chi connectivity index (χ1v) is 16.3. The molecule has 0 bridgehead atoms. The van der Waals surface area contributed by atoms with Crippen LogP contribution in [-0.2, 0) is 9.59 Å². The molecule has 0 spiro atoms. The molecule has 0 aromatic heterocycles. The summed E-state index contributed by atoms with van der Waals surface area (Å²) in [7, 11) is 0. The van der Waals surface area contributed by atoms with Gasteiger partial charge in [0.15, 0.2) is 0 Å². The lowest BCUT2D eigenvalue weighted by atomic mass is 10.1. The number of aryl methyl sites for hydroxylation is 2. The minimum Gasteiger partial charge on any atom is -0.325 e. The second-order valence-corrected chi connectivity index (χ2v) is 12.7. The van der Waals surface area contributed by atoms with Crippen LogP contribution in [0, 0.1) is 13.8 Å².